The van der Waals surface area contributed by atoms with Gasteiger partial charge in [-0.1, -0.05) is 0 Å². The van der Waals surface area contributed by atoms with Crippen LogP contribution in [-0.2, 0) is 9.47 Å². The van der Waals surface area contributed by atoms with E-state index in [1.165, 1.54) is 21.3 Å². The van der Waals surface area contributed by atoms with Crippen molar-refractivity contribution in [3.8, 4) is 5.75 Å². The Bertz CT molecular complexity index is 838. The fourth-order valence-corrected chi connectivity index (χ4v) is 3.49. The number of esters is 2. The van der Waals surface area contributed by atoms with E-state index in [9.17, 15) is 14.4 Å². The van der Waals surface area contributed by atoms with Gasteiger partial charge in [0.25, 0.3) is 0 Å². The normalized spacial score (nSPS) is 10.2. The minimum Gasteiger partial charge on any atom is -0.497 e. The number of rotatable bonds is 6. The molecule has 0 radical (unpaired) electrons. The van der Waals surface area contributed by atoms with Gasteiger partial charge in [-0.05, 0) is 24.3 Å². The van der Waals surface area contributed by atoms with E-state index in [1.54, 1.807) is 43.3 Å². The number of carbonyl (C=O) groups excluding carboxylic acids is 3. The van der Waals surface area contributed by atoms with Crippen LogP contribution in [0.25, 0.3) is 0 Å². The summed E-state index contributed by atoms with van der Waals surface area (Å²) in [7, 11) is 7.37. The van der Waals surface area contributed by atoms with E-state index in [0.29, 0.717) is 16.3 Å². The highest BCUT2D eigenvalue weighted by atomic mass is 32.1. The predicted molar refractivity (Wildman–Crippen MR) is 97.8 cm³/mol. The quantitative estimate of drug-likeness (QED) is 0.565. The molecule has 0 N–H and O–H groups in total. The number of thiophene rings is 1. The van der Waals surface area contributed by atoms with Gasteiger partial charge in [0, 0.05) is 19.7 Å². The molecule has 8 heteroatoms. The van der Waals surface area contributed by atoms with E-state index < -0.39 is 17.7 Å². The number of anilines is 1. The summed E-state index contributed by atoms with van der Waals surface area (Å²) in [6, 6.07) is 6.48. The lowest BCUT2D eigenvalue weighted by atomic mass is 9.99. The Morgan fingerprint density at radius 3 is 1.92 bits per heavy atom. The molecule has 0 amide bonds. The molecule has 1 aromatic carbocycles. The third kappa shape index (κ3) is 3.55. The van der Waals surface area contributed by atoms with Gasteiger partial charge in [0.05, 0.1) is 32.5 Å². The first-order valence-electron chi connectivity index (χ1n) is 7.55. The Hall–Kier alpha value is -2.87. The number of methoxy groups -OCH3 is 3. The second kappa shape index (κ2) is 8.01. The largest absolute Gasteiger partial charge is 0.497 e. The maximum atomic E-state index is 13.1. The van der Waals surface area contributed by atoms with Gasteiger partial charge in [-0.3, -0.25) is 4.79 Å². The Kier molecular flexibility index (Phi) is 5.99. The smallest absolute Gasteiger partial charge is 0.349 e. The summed E-state index contributed by atoms with van der Waals surface area (Å²) in [5.74, 6) is -1.27. The van der Waals surface area contributed by atoms with Crippen LogP contribution in [0, 0.1) is 0 Å². The van der Waals surface area contributed by atoms with Crippen LogP contribution in [0.15, 0.2) is 24.3 Å². The van der Waals surface area contributed by atoms with Crippen molar-refractivity contribution in [2.75, 3.05) is 40.3 Å². The summed E-state index contributed by atoms with van der Waals surface area (Å²) in [5.41, 5.74) is 0.375. The lowest BCUT2D eigenvalue weighted by Crippen LogP contribution is -2.17. The second-order valence-corrected chi connectivity index (χ2v) is 6.42. The molecule has 0 unspecified atom stereocenters. The molecule has 0 aliphatic rings. The zero-order valence-electron chi connectivity index (χ0n) is 15.1. The van der Waals surface area contributed by atoms with Gasteiger partial charge in [-0.15, -0.1) is 11.3 Å². The van der Waals surface area contributed by atoms with Gasteiger partial charge in [0.15, 0.2) is 5.78 Å². The van der Waals surface area contributed by atoms with Gasteiger partial charge in [0.2, 0.25) is 0 Å². The molecule has 2 aromatic rings. The van der Waals surface area contributed by atoms with Crippen LogP contribution in [0.2, 0.25) is 0 Å². The van der Waals surface area contributed by atoms with Crippen molar-refractivity contribution < 1.29 is 28.6 Å². The Morgan fingerprint density at radius 1 is 0.885 bits per heavy atom. The van der Waals surface area contributed by atoms with Crippen molar-refractivity contribution in [2.45, 2.75) is 0 Å². The predicted octanol–water partition coefficient (Wildman–Crippen LogP) is 2.63. The first-order valence-corrected chi connectivity index (χ1v) is 8.36. The molecule has 1 heterocycles. The highest BCUT2D eigenvalue weighted by Crippen LogP contribution is 2.38. The summed E-state index contributed by atoms with van der Waals surface area (Å²) in [4.78, 5) is 39.3. The van der Waals surface area contributed by atoms with E-state index in [0.717, 1.165) is 11.3 Å². The Balaban J connectivity index is 2.70. The molecule has 0 saturated heterocycles. The van der Waals surface area contributed by atoms with Crippen LogP contribution in [0.3, 0.4) is 0 Å². The standard InChI is InChI=1S/C18H19NO6S/c1-19(2)16-12(14(20)10-6-8-11(23-3)9-7-10)13(17(21)24-4)15(26-16)18(22)25-5/h6-9H,1-5H3. The summed E-state index contributed by atoms with van der Waals surface area (Å²) >= 11 is 1.01. The summed E-state index contributed by atoms with van der Waals surface area (Å²) in [6.07, 6.45) is 0. The fraction of sp³-hybridized carbons (Fsp3) is 0.278. The molecule has 0 bridgehead atoms. The number of ether oxygens (including phenoxy) is 3. The van der Waals surface area contributed by atoms with Gasteiger partial charge in [-0.2, -0.15) is 0 Å². The first-order chi connectivity index (χ1) is 12.3. The molecule has 2 rings (SSSR count). The maximum Gasteiger partial charge on any atom is 0.349 e. The van der Waals surface area contributed by atoms with Gasteiger partial charge in [-0.25, -0.2) is 9.59 Å². The molecular formula is C18H19NO6S. The van der Waals surface area contributed by atoms with E-state index in [1.807, 2.05) is 0 Å². The summed E-state index contributed by atoms with van der Waals surface area (Å²) in [6.45, 7) is 0. The summed E-state index contributed by atoms with van der Waals surface area (Å²) in [5, 5.41) is 0.464. The van der Waals surface area contributed by atoms with E-state index >= 15 is 0 Å². The van der Waals surface area contributed by atoms with Crippen molar-refractivity contribution >= 4 is 34.1 Å². The molecule has 0 spiro atoms. The number of hydrogen-bond acceptors (Lipinski definition) is 8. The van der Waals surface area contributed by atoms with Crippen molar-refractivity contribution in [1.82, 2.24) is 0 Å². The molecule has 0 aliphatic carbocycles. The van der Waals surface area contributed by atoms with Crippen LogP contribution >= 0.6 is 11.3 Å². The zero-order chi connectivity index (χ0) is 19.4. The fourth-order valence-electron chi connectivity index (χ4n) is 2.36. The molecule has 0 fully saturated rings. The van der Waals surface area contributed by atoms with Crippen LogP contribution in [0.4, 0.5) is 5.00 Å². The van der Waals surface area contributed by atoms with Crippen molar-refractivity contribution in [2.24, 2.45) is 0 Å². The topological polar surface area (TPSA) is 82.1 Å². The minimum absolute atomic E-state index is 0.0277. The molecule has 0 saturated carbocycles. The third-order valence-corrected chi connectivity index (χ3v) is 4.97. The van der Waals surface area contributed by atoms with Crippen molar-refractivity contribution in [1.29, 1.82) is 0 Å². The van der Waals surface area contributed by atoms with Crippen LogP contribution < -0.4 is 9.64 Å². The van der Waals surface area contributed by atoms with Crippen LogP contribution in [0.1, 0.15) is 36.0 Å². The molecular weight excluding hydrogens is 358 g/mol. The second-order valence-electron chi connectivity index (χ2n) is 5.42. The highest BCUT2D eigenvalue weighted by molar-refractivity contribution is 7.18. The number of ketones is 1. The molecule has 7 nitrogen and oxygen atoms in total. The lowest BCUT2D eigenvalue weighted by molar-refractivity contribution is 0.0558. The van der Waals surface area contributed by atoms with E-state index in [4.69, 9.17) is 14.2 Å². The number of hydrogen-bond donors (Lipinski definition) is 0. The molecule has 1 aromatic heterocycles. The maximum absolute atomic E-state index is 13.1. The average molecular weight is 377 g/mol. The third-order valence-electron chi connectivity index (χ3n) is 3.64. The highest BCUT2D eigenvalue weighted by Gasteiger charge is 2.33. The van der Waals surface area contributed by atoms with Crippen molar-refractivity contribution in [3.05, 3.63) is 45.8 Å². The first kappa shape index (κ1) is 19.5. The minimum atomic E-state index is -0.772. The van der Waals surface area contributed by atoms with Gasteiger partial charge < -0.3 is 19.1 Å². The SMILES string of the molecule is COC(=O)c1sc(N(C)C)c(C(=O)c2ccc(OC)cc2)c1C(=O)OC. The zero-order valence-corrected chi connectivity index (χ0v) is 15.9. The van der Waals surface area contributed by atoms with Gasteiger partial charge >= 0.3 is 11.9 Å². The van der Waals surface area contributed by atoms with Gasteiger partial charge in [0.1, 0.15) is 15.6 Å². The molecule has 138 valence electrons. The Morgan fingerprint density at radius 2 is 1.46 bits per heavy atom. The number of benzene rings is 1. The van der Waals surface area contributed by atoms with E-state index in [2.05, 4.69) is 0 Å². The number of nitrogens with zero attached hydrogens (tertiary/aromatic N) is 1. The Labute approximate surface area is 155 Å². The van der Waals surface area contributed by atoms with Crippen LogP contribution in [0.5, 0.6) is 5.75 Å². The molecule has 26 heavy (non-hydrogen) atoms. The van der Waals surface area contributed by atoms with Crippen molar-refractivity contribution in [3.63, 3.8) is 0 Å². The number of carbonyl (C=O) groups is 3. The average Bonchev–Trinajstić information content (AvgIpc) is 3.07. The monoisotopic (exact) mass is 377 g/mol. The van der Waals surface area contributed by atoms with E-state index in [-0.39, 0.29) is 16.0 Å². The molecule has 0 atom stereocenters. The molecule has 0 aliphatic heterocycles. The van der Waals surface area contributed by atoms with Crippen LogP contribution in [-0.4, -0.2) is 53.1 Å². The lowest BCUT2D eigenvalue weighted by Gasteiger charge is -2.13. The summed E-state index contributed by atoms with van der Waals surface area (Å²) < 4.78 is 14.6.